The molecule has 0 rings (SSSR count). The van der Waals surface area contributed by atoms with Crippen molar-refractivity contribution in [3.8, 4) is 0 Å². The predicted molar refractivity (Wildman–Crippen MR) is 249 cm³/mol. The van der Waals surface area contributed by atoms with Gasteiger partial charge >= 0.3 is 19.8 Å². The topological polar surface area (TPSA) is 155 Å². The molecule has 60 heavy (non-hydrogen) atoms. The fourth-order valence-corrected chi connectivity index (χ4v) is 6.87. The number of carbonyl (C=O) groups excluding carboxylic acids is 1. The molecule has 3 unspecified atom stereocenters. The monoisotopic (exact) mass is 864 g/mol. The maximum Gasteiger partial charge on any atom is 0.472 e. The van der Waals surface area contributed by atoms with E-state index in [1.54, 1.807) is 0 Å². The molecule has 0 spiro atoms. The van der Waals surface area contributed by atoms with Crippen LogP contribution < -0.4 is 5.73 Å². The van der Waals surface area contributed by atoms with Gasteiger partial charge in [-0.05, 0) is 83.5 Å². The lowest BCUT2D eigenvalue weighted by Crippen LogP contribution is -2.34. The molecule has 0 fully saturated rings. The largest absolute Gasteiger partial charge is 0.480 e. The Kier molecular flexibility index (Phi) is 42.5. The van der Waals surface area contributed by atoms with E-state index in [2.05, 4.69) is 86.8 Å². The SMILES string of the molecule is CC/C=C\C/C=C\C/C=C\C/C=C\C/C=C\CCCCCCCCOCC(COP(=O)(O)OCC(N)C(=O)O)OC(=O)CCCCCCC/C=C\CCCCCCCCC. The molecule has 0 saturated carbocycles. The Hall–Kier alpha value is -2.59. The number of phosphoric acid groups is 1. The van der Waals surface area contributed by atoms with E-state index in [0.717, 1.165) is 96.3 Å². The molecule has 0 saturated heterocycles. The zero-order valence-corrected chi connectivity index (χ0v) is 38.7. The van der Waals surface area contributed by atoms with E-state index in [1.807, 2.05) is 0 Å². The summed E-state index contributed by atoms with van der Waals surface area (Å²) in [7, 11) is -4.63. The number of phosphoric ester groups is 1. The van der Waals surface area contributed by atoms with E-state index >= 15 is 0 Å². The molecule has 0 aliphatic heterocycles. The van der Waals surface area contributed by atoms with Gasteiger partial charge in [-0.1, -0.05) is 170 Å². The van der Waals surface area contributed by atoms with Crippen LogP contribution in [0.4, 0.5) is 0 Å². The lowest BCUT2D eigenvalue weighted by Gasteiger charge is -2.20. The van der Waals surface area contributed by atoms with Gasteiger partial charge in [0.05, 0.1) is 19.8 Å². The van der Waals surface area contributed by atoms with E-state index in [4.69, 9.17) is 29.4 Å². The van der Waals surface area contributed by atoms with Gasteiger partial charge in [-0.3, -0.25) is 18.6 Å². The molecule has 11 heteroatoms. The number of esters is 1. The first-order chi connectivity index (χ1) is 29.2. The number of carboxylic acid groups (broad SMARTS) is 1. The summed E-state index contributed by atoms with van der Waals surface area (Å²) in [5.41, 5.74) is 5.36. The second kappa shape index (κ2) is 44.5. The van der Waals surface area contributed by atoms with Crippen molar-refractivity contribution in [1.29, 1.82) is 0 Å². The summed E-state index contributed by atoms with van der Waals surface area (Å²) in [6, 6.07) is -1.48. The van der Waals surface area contributed by atoms with E-state index in [9.17, 15) is 19.0 Å². The van der Waals surface area contributed by atoms with Gasteiger partial charge in [0, 0.05) is 13.0 Å². The molecule has 3 atom stereocenters. The summed E-state index contributed by atoms with van der Waals surface area (Å²) in [5.74, 6) is -1.80. The predicted octanol–water partition coefficient (Wildman–Crippen LogP) is 13.4. The normalized spacial score (nSPS) is 14.5. The number of carboxylic acids is 1. The van der Waals surface area contributed by atoms with Crippen LogP contribution in [0.5, 0.6) is 0 Å². The third-order valence-electron chi connectivity index (χ3n) is 9.72. The minimum Gasteiger partial charge on any atom is -0.480 e. The van der Waals surface area contributed by atoms with Gasteiger partial charge in [0.15, 0.2) is 0 Å². The Balaban J connectivity index is 4.25. The van der Waals surface area contributed by atoms with E-state index < -0.39 is 45.1 Å². The molecule has 10 nitrogen and oxygen atoms in total. The van der Waals surface area contributed by atoms with Crippen LogP contribution in [0.25, 0.3) is 0 Å². The van der Waals surface area contributed by atoms with Crippen LogP contribution in [0.2, 0.25) is 0 Å². The number of hydrogen-bond acceptors (Lipinski definition) is 8. The van der Waals surface area contributed by atoms with E-state index in [-0.39, 0.29) is 13.0 Å². The Labute approximate surface area is 365 Å². The van der Waals surface area contributed by atoms with E-state index in [1.165, 1.54) is 64.2 Å². The molecule has 0 radical (unpaired) electrons. The van der Waals surface area contributed by atoms with Gasteiger partial charge in [-0.15, -0.1) is 0 Å². The number of aliphatic carboxylic acids is 1. The fourth-order valence-electron chi connectivity index (χ4n) is 6.09. The third kappa shape index (κ3) is 43.5. The molecule has 0 heterocycles. The number of nitrogens with two attached hydrogens (primary N) is 1. The number of rotatable bonds is 44. The van der Waals surface area contributed by atoms with Crippen LogP contribution in [-0.2, 0) is 32.7 Å². The van der Waals surface area contributed by atoms with E-state index in [0.29, 0.717) is 13.0 Å². The molecular weight excluding hydrogens is 778 g/mol. The Morgan fingerprint density at radius 1 is 0.550 bits per heavy atom. The summed E-state index contributed by atoms with van der Waals surface area (Å²) in [6.07, 6.45) is 55.2. The Morgan fingerprint density at radius 2 is 0.967 bits per heavy atom. The maximum absolute atomic E-state index is 12.7. The van der Waals surface area contributed by atoms with Gasteiger partial charge in [0.2, 0.25) is 0 Å². The van der Waals surface area contributed by atoms with Crippen molar-refractivity contribution in [1.82, 2.24) is 0 Å². The molecule has 0 aliphatic carbocycles. The van der Waals surface area contributed by atoms with Crippen LogP contribution in [-0.4, -0.2) is 60.5 Å². The first-order valence-corrected chi connectivity index (χ1v) is 25.0. The van der Waals surface area contributed by atoms with Crippen LogP contribution >= 0.6 is 7.82 Å². The fraction of sp³-hybridized carbons (Fsp3) is 0.714. The summed E-state index contributed by atoms with van der Waals surface area (Å²) >= 11 is 0. The van der Waals surface area contributed by atoms with Crippen molar-refractivity contribution in [2.24, 2.45) is 5.73 Å². The summed E-state index contributed by atoms with van der Waals surface area (Å²) in [6.45, 7) is 3.72. The molecule has 0 aliphatic rings. The standard InChI is InChI=1S/C49H86NO9P/c1-3-5-7-9-11-13-15-17-19-21-22-23-24-25-26-28-30-32-34-36-38-40-42-56-43-46(44-57-60(54,55)58-45-47(50)49(52)53)59-48(51)41-39-37-35-33-31-29-27-20-18-16-14-12-10-8-6-4-2/h5,7,11,13,17,19-20,22-23,25-27,46-47H,3-4,6,8-10,12,14-16,18,21,24,28-45,50H2,1-2H3,(H,52,53)(H,54,55)/b7-5-,13-11-,19-17-,23-22-,26-25-,27-20-. The lowest BCUT2D eigenvalue weighted by atomic mass is 10.1. The summed E-state index contributed by atoms with van der Waals surface area (Å²) in [5, 5.41) is 8.91. The minimum absolute atomic E-state index is 0.000103. The van der Waals surface area contributed by atoms with Gasteiger partial charge in [0.1, 0.15) is 12.1 Å². The van der Waals surface area contributed by atoms with Crippen molar-refractivity contribution in [2.45, 2.75) is 199 Å². The first kappa shape index (κ1) is 57.4. The average molecular weight is 864 g/mol. The smallest absolute Gasteiger partial charge is 0.472 e. The molecule has 4 N–H and O–H groups in total. The molecule has 0 aromatic carbocycles. The van der Waals surface area contributed by atoms with Crippen molar-refractivity contribution >= 4 is 19.8 Å². The second-order valence-corrected chi connectivity index (χ2v) is 17.0. The minimum atomic E-state index is -4.63. The van der Waals surface area contributed by atoms with Crippen LogP contribution in [0.1, 0.15) is 187 Å². The highest BCUT2D eigenvalue weighted by Crippen LogP contribution is 2.43. The molecular formula is C49H86NO9P. The quantitative estimate of drug-likeness (QED) is 0.0233. The third-order valence-corrected chi connectivity index (χ3v) is 10.7. The zero-order chi connectivity index (χ0) is 44.0. The van der Waals surface area contributed by atoms with Gasteiger partial charge in [-0.25, -0.2) is 4.57 Å². The highest BCUT2D eigenvalue weighted by atomic mass is 31.2. The number of hydrogen-bond donors (Lipinski definition) is 3. The van der Waals surface area contributed by atoms with Gasteiger partial charge in [0.25, 0.3) is 0 Å². The van der Waals surface area contributed by atoms with Crippen molar-refractivity contribution in [3.05, 3.63) is 72.9 Å². The van der Waals surface area contributed by atoms with Crippen LogP contribution in [0.3, 0.4) is 0 Å². The second-order valence-electron chi connectivity index (χ2n) is 15.5. The molecule has 346 valence electrons. The number of unbranched alkanes of at least 4 members (excludes halogenated alkanes) is 18. The number of carbonyl (C=O) groups is 2. The zero-order valence-electron chi connectivity index (χ0n) is 37.8. The maximum atomic E-state index is 12.7. The Bertz CT molecular complexity index is 1230. The van der Waals surface area contributed by atoms with Crippen LogP contribution in [0, 0.1) is 0 Å². The molecule has 0 amide bonds. The molecule has 0 bridgehead atoms. The highest BCUT2D eigenvalue weighted by molar-refractivity contribution is 7.47. The molecule has 0 aromatic heterocycles. The molecule has 0 aromatic rings. The van der Waals surface area contributed by atoms with Crippen LogP contribution in [0.15, 0.2) is 72.9 Å². The number of ether oxygens (including phenoxy) is 2. The highest BCUT2D eigenvalue weighted by Gasteiger charge is 2.27. The van der Waals surface area contributed by atoms with Gasteiger partial charge in [-0.2, -0.15) is 0 Å². The van der Waals surface area contributed by atoms with Crippen molar-refractivity contribution in [2.75, 3.05) is 26.4 Å². The summed E-state index contributed by atoms with van der Waals surface area (Å²) < 4.78 is 33.4. The summed E-state index contributed by atoms with van der Waals surface area (Å²) in [4.78, 5) is 33.6. The Morgan fingerprint density at radius 3 is 1.47 bits per heavy atom. The van der Waals surface area contributed by atoms with Crippen molar-refractivity contribution < 1.29 is 42.7 Å². The average Bonchev–Trinajstić information content (AvgIpc) is 3.23. The number of allylic oxidation sites excluding steroid dienone is 12. The lowest BCUT2D eigenvalue weighted by molar-refractivity contribution is -0.154. The van der Waals surface area contributed by atoms with Crippen molar-refractivity contribution in [3.63, 3.8) is 0 Å². The first-order valence-electron chi connectivity index (χ1n) is 23.5. The van der Waals surface area contributed by atoms with Gasteiger partial charge < -0.3 is 25.2 Å².